The lowest BCUT2D eigenvalue weighted by Gasteiger charge is -2.33. The Kier molecular flexibility index (Phi) is 4.91. The number of benzene rings is 1. The fourth-order valence-electron chi connectivity index (χ4n) is 2.99. The van der Waals surface area contributed by atoms with Gasteiger partial charge in [-0.3, -0.25) is 4.79 Å². The molecule has 1 fully saturated rings. The highest BCUT2D eigenvalue weighted by molar-refractivity contribution is 5.97. The van der Waals surface area contributed by atoms with Crippen LogP contribution in [0.3, 0.4) is 0 Å². The number of fused-ring (bicyclic) bond motifs is 1. The first-order valence-electron chi connectivity index (χ1n) is 8.35. The Labute approximate surface area is 136 Å². The number of nitrogens with one attached hydrogen (secondary N) is 1. The third-order valence-corrected chi connectivity index (χ3v) is 4.30. The van der Waals surface area contributed by atoms with Crippen LogP contribution in [0, 0.1) is 5.92 Å². The largest absolute Gasteiger partial charge is 0.375 e. The number of hydrogen-bond acceptors (Lipinski definition) is 4. The Balaban J connectivity index is 1.62. The van der Waals surface area contributed by atoms with Crippen LogP contribution in [-0.4, -0.2) is 52.0 Å². The summed E-state index contributed by atoms with van der Waals surface area (Å²) in [5, 5.41) is 10.6. The van der Waals surface area contributed by atoms with Gasteiger partial charge in [-0.2, -0.15) is 15.4 Å². The average molecular weight is 316 g/mol. The van der Waals surface area contributed by atoms with Gasteiger partial charge in [0.15, 0.2) is 0 Å². The number of aromatic nitrogens is 3. The quantitative estimate of drug-likeness (QED) is 0.920. The number of hydrogen-bond donors (Lipinski definition) is 1. The standard InChI is InChI=1S/C17H24N4O2/c1-12(2)4-3-5-14-11-21(8-9-23-14)17(22)13-6-7-15-16(10-13)19-20-18-15/h6-7,10,12,14H,3-5,8-9,11H2,1-2H3,(H,18,19,20)/t14-/m0/s1. The summed E-state index contributed by atoms with van der Waals surface area (Å²) in [6.45, 7) is 6.41. The number of carbonyl (C=O) groups is 1. The minimum absolute atomic E-state index is 0.0482. The van der Waals surface area contributed by atoms with E-state index >= 15 is 0 Å². The summed E-state index contributed by atoms with van der Waals surface area (Å²) in [5.41, 5.74) is 2.15. The zero-order valence-corrected chi connectivity index (χ0v) is 13.8. The molecule has 1 aliphatic rings. The lowest BCUT2D eigenvalue weighted by molar-refractivity contribution is -0.0260. The number of morpholine rings is 1. The maximum atomic E-state index is 12.7. The highest BCUT2D eigenvalue weighted by Crippen LogP contribution is 2.18. The molecule has 23 heavy (non-hydrogen) atoms. The van der Waals surface area contributed by atoms with Crippen LogP contribution in [0.2, 0.25) is 0 Å². The highest BCUT2D eigenvalue weighted by Gasteiger charge is 2.25. The van der Waals surface area contributed by atoms with E-state index in [0.29, 0.717) is 31.2 Å². The van der Waals surface area contributed by atoms with E-state index in [-0.39, 0.29) is 12.0 Å². The number of ether oxygens (including phenoxy) is 1. The second-order valence-electron chi connectivity index (χ2n) is 6.60. The number of nitrogens with zero attached hydrogens (tertiary/aromatic N) is 3. The summed E-state index contributed by atoms with van der Waals surface area (Å²) in [7, 11) is 0. The van der Waals surface area contributed by atoms with E-state index in [0.717, 1.165) is 23.9 Å². The normalized spacial score (nSPS) is 18.7. The second-order valence-corrected chi connectivity index (χ2v) is 6.60. The number of aromatic amines is 1. The summed E-state index contributed by atoms with van der Waals surface area (Å²) in [4.78, 5) is 14.6. The molecule has 1 aromatic heterocycles. The van der Waals surface area contributed by atoms with Gasteiger partial charge in [0.05, 0.1) is 12.7 Å². The molecule has 0 bridgehead atoms. The maximum absolute atomic E-state index is 12.7. The van der Waals surface area contributed by atoms with E-state index in [1.807, 2.05) is 17.0 Å². The molecule has 1 amide bonds. The number of H-pyrrole nitrogens is 1. The smallest absolute Gasteiger partial charge is 0.254 e. The summed E-state index contributed by atoms with van der Waals surface area (Å²) in [6, 6.07) is 5.44. The van der Waals surface area contributed by atoms with Gasteiger partial charge in [-0.15, -0.1) is 0 Å². The van der Waals surface area contributed by atoms with Crippen molar-refractivity contribution in [3.8, 4) is 0 Å². The molecule has 0 spiro atoms. The first-order chi connectivity index (χ1) is 11.1. The Morgan fingerprint density at radius 3 is 3.04 bits per heavy atom. The zero-order valence-electron chi connectivity index (χ0n) is 13.8. The van der Waals surface area contributed by atoms with Gasteiger partial charge in [-0.1, -0.05) is 26.7 Å². The number of rotatable bonds is 5. The van der Waals surface area contributed by atoms with Crippen molar-refractivity contribution in [2.45, 2.75) is 39.2 Å². The highest BCUT2D eigenvalue weighted by atomic mass is 16.5. The van der Waals surface area contributed by atoms with Crippen molar-refractivity contribution in [2.75, 3.05) is 19.7 Å². The lowest BCUT2D eigenvalue weighted by atomic mass is 10.0. The Morgan fingerprint density at radius 1 is 1.39 bits per heavy atom. The average Bonchev–Trinajstić information content (AvgIpc) is 3.01. The van der Waals surface area contributed by atoms with E-state index in [1.165, 1.54) is 6.42 Å². The third kappa shape index (κ3) is 3.88. The van der Waals surface area contributed by atoms with Gasteiger partial charge < -0.3 is 9.64 Å². The van der Waals surface area contributed by atoms with Crippen LogP contribution in [0.15, 0.2) is 18.2 Å². The maximum Gasteiger partial charge on any atom is 0.254 e. The topological polar surface area (TPSA) is 71.1 Å². The van der Waals surface area contributed by atoms with Crippen molar-refractivity contribution in [3.05, 3.63) is 23.8 Å². The zero-order chi connectivity index (χ0) is 16.2. The third-order valence-electron chi connectivity index (χ3n) is 4.30. The molecular weight excluding hydrogens is 292 g/mol. The van der Waals surface area contributed by atoms with E-state index in [2.05, 4.69) is 29.3 Å². The molecular formula is C17H24N4O2. The van der Waals surface area contributed by atoms with Crippen molar-refractivity contribution in [3.63, 3.8) is 0 Å². The SMILES string of the molecule is CC(C)CCC[C@H]1CN(C(=O)c2ccc3n[nH]nc3c2)CCO1. The van der Waals surface area contributed by atoms with Crippen LogP contribution < -0.4 is 0 Å². The molecule has 1 saturated heterocycles. The van der Waals surface area contributed by atoms with Crippen LogP contribution in [0.1, 0.15) is 43.5 Å². The van der Waals surface area contributed by atoms with Gasteiger partial charge in [-0.05, 0) is 30.5 Å². The first kappa shape index (κ1) is 15.9. The van der Waals surface area contributed by atoms with Crippen LogP contribution in [0.25, 0.3) is 11.0 Å². The minimum atomic E-state index is 0.0482. The van der Waals surface area contributed by atoms with E-state index in [9.17, 15) is 4.79 Å². The van der Waals surface area contributed by atoms with E-state index in [1.54, 1.807) is 6.07 Å². The molecule has 6 heteroatoms. The molecule has 0 unspecified atom stereocenters. The molecule has 0 aliphatic carbocycles. The Bertz CT molecular complexity index is 667. The second kappa shape index (κ2) is 7.08. The summed E-state index contributed by atoms with van der Waals surface area (Å²) < 4.78 is 5.81. The molecule has 2 heterocycles. The van der Waals surface area contributed by atoms with Gasteiger partial charge in [-0.25, -0.2) is 0 Å². The Morgan fingerprint density at radius 2 is 2.22 bits per heavy atom. The monoisotopic (exact) mass is 316 g/mol. The minimum Gasteiger partial charge on any atom is -0.375 e. The van der Waals surface area contributed by atoms with Gasteiger partial charge >= 0.3 is 0 Å². The van der Waals surface area contributed by atoms with Gasteiger partial charge in [0.25, 0.3) is 5.91 Å². The predicted octanol–water partition coefficient (Wildman–Crippen LogP) is 2.63. The molecule has 1 atom stereocenters. The van der Waals surface area contributed by atoms with Crippen LogP contribution in [0.5, 0.6) is 0 Å². The molecule has 3 rings (SSSR count). The molecule has 0 saturated carbocycles. The predicted molar refractivity (Wildman–Crippen MR) is 88.2 cm³/mol. The molecule has 124 valence electrons. The lowest BCUT2D eigenvalue weighted by Crippen LogP contribution is -2.45. The van der Waals surface area contributed by atoms with Crippen molar-refractivity contribution in [2.24, 2.45) is 5.92 Å². The summed E-state index contributed by atoms with van der Waals surface area (Å²) >= 11 is 0. The molecule has 2 aromatic rings. The fourth-order valence-corrected chi connectivity index (χ4v) is 2.99. The Hall–Kier alpha value is -1.95. The summed E-state index contributed by atoms with van der Waals surface area (Å²) in [6.07, 6.45) is 3.53. The number of amides is 1. The van der Waals surface area contributed by atoms with Crippen molar-refractivity contribution >= 4 is 16.9 Å². The molecule has 0 radical (unpaired) electrons. The summed E-state index contributed by atoms with van der Waals surface area (Å²) in [5.74, 6) is 0.762. The first-order valence-corrected chi connectivity index (χ1v) is 8.35. The van der Waals surface area contributed by atoms with Crippen LogP contribution in [0.4, 0.5) is 0 Å². The molecule has 6 nitrogen and oxygen atoms in total. The van der Waals surface area contributed by atoms with Crippen molar-refractivity contribution < 1.29 is 9.53 Å². The molecule has 1 N–H and O–H groups in total. The van der Waals surface area contributed by atoms with Gasteiger partial charge in [0, 0.05) is 18.7 Å². The van der Waals surface area contributed by atoms with Gasteiger partial charge in [0.1, 0.15) is 11.0 Å². The number of carbonyl (C=O) groups excluding carboxylic acids is 1. The van der Waals surface area contributed by atoms with Gasteiger partial charge in [0.2, 0.25) is 0 Å². The van der Waals surface area contributed by atoms with Crippen LogP contribution >= 0.6 is 0 Å². The molecule has 1 aliphatic heterocycles. The van der Waals surface area contributed by atoms with Crippen molar-refractivity contribution in [1.82, 2.24) is 20.3 Å². The molecule has 1 aromatic carbocycles. The van der Waals surface area contributed by atoms with Crippen LogP contribution in [-0.2, 0) is 4.74 Å². The van der Waals surface area contributed by atoms with Crippen molar-refractivity contribution in [1.29, 1.82) is 0 Å². The van der Waals surface area contributed by atoms with E-state index in [4.69, 9.17) is 4.74 Å². The van der Waals surface area contributed by atoms with E-state index < -0.39 is 0 Å². The fraction of sp³-hybridized carbons (Fsp3) is 0.588.